The van der Waals surface area contributed by atoms with Crippen molar-refractivity contribution >= 4 is 11.9 Å². The molecule has 6 aromatic rings. The number of ether oxygens (including phenoxy) is 5. The summed E-state index contributed by atoms with van der Waals surface area (Å²) in [4.78, 5) is 13.7. The second-order valence-corrected chi connectivity index (χ2v) is 11.5. The molecule has 50 heavy (non-hydrogen) atoms. The largest absolute Gasteiger partial charge is 0.497 e. The Kier molecular flexibility index (Phi) is 11.6. The highest BCUT2D eigenvalue weighted by Crippen LogP contribution is 2.30. The molecule has 0 heterocycles. The number of hydrogen-bond acceptors (Lipinski definition) is 6. The van der Waals surface area contributed by atoms with Crippen LogP contribution >= 0.6 is 0 Å². The van der Waals surface area contributed by atoms with Gasteiger partial charge in [0.15, 0.2) is 5.78 Å². The van der Waals surface area contributed by atoms with E-state index >= 15 is 0 Å². The van der Waals surface area contributed by atoms with Crippen LogP contribution in [0.15, 0.2) is 158 Å². The molecule has 0 aliphatic rings. The Bertz CT molecular complexity index is 1990. The van der Waals surface area contributed by atoms with E-state index in [9.17, 15) is 4.79 Å². The Morgan fingerprint density at radius 1 is 0.480 bits per heavy atom. The number of methoxy groups -OCH3 is 1. The van der Waals surface area contributed by atoms with Crippen LogP contribution in [0.2, 0.25) is 0 Å². The van der Waals surface area contributed by atoms with Crippen LogP contribution in [0.25, 0.3) is 6.08 Å². The van der Waals surface area contributed by atoms with E-state index in [-0.39, 0.29) is 5.78 Å². The monoisotopic (exact) mass is 662 g/mol. The topological polar surface area (TPSA) is 63.2 Å². The highest BCUT2D eigenvalue weighted by atomic mass is 16.5. The fraction of sp³-hybridized carbons (Fsp3) is 0.114. The first kappa shape index (κ1) is 33.6. The highest BCUT2D eigenvalue weighted by Gasteiger charge is 2.14. The maximum Gasteiger partial charge on any atom is 0.189 e. The van der Waals surface area contributed by atoms with E-state index < -0.39 is 0 Å². The van der Waals surface area contributed by atoms with Gasteiger partial charge in [-0.1, -0.05) is 103 Å². The standard InChI is InChI=1S/C44H38O6/c1-46-38-21-17-36(18-22-38)30-48-39-23-19-37(43(27-39)49-31-34-13-7-3-8-14-34)20-26-42(45)41-25-24-40(47-29-33-11-5-2-6-12-33)28-44(41)50-32-35-15-9-4-10-16-35/h2-28H,29-32H2,1H3. The molecule has 6 rings (SSSR count). The lowest BCUT2D eigenvalue weighted by Crippen LogP contribution is -2.04. The van der Waals surface area contributed by atoms with E-state index in [4.69, 9.17) is 23.7 Å². The zero-order valence-corrected chi connectivity index (χ0v) is 27.9. The molecule has 0 aliphatic heterocycles. The van der Waals surface area contributed by atoms with Gasteiger partial charge < -0.3 is 23.7 Å². The lowest BCUT2D eigenvalue weighted by molar-refractivity contribution is 0.104. The van der Waals surface area contributed by atoms with Gasteiger partial charge in [0, 0.05) is 17.7 Å². The van der Waals surface area contributed by atoms with E-state index in [0.717, 1.165) is 33.6 Å². The van der Waals surface area contributed by atoms with E-state index in [1.807, 2.05) is 133 Å². The molecule has 0 aromatic heterocycles. The number of carbonyl (C=O) groups is 1. The lowest BCUT2D eigenvalue weighted by Gasteiger charge is -2.14. The number of ketones is 1. The Balaban J connectivity index is 1.21. The summed E-state index contributed by atoms with van der Waals surface area (Å²) in [5, 5.41) is 0. The quantitative estimate of drug-likeness (QED) is 0.0760. The highest BCUT2D eigenvalue weighted by molar-refractivity contribution is 6.08. The van der Waals surface area contributed by atoms with Crippen LogP contribution in [0, 0.1) is 0 Å². The Morgan fingerprint density at radius 2 is 0.920 bits per heavy atom. The Labute approximate surface area is 293 Å². The predicted octanol–water partition coefficient (Wildman–Crippen LogP) is 9.91. The van der Waals surface area contributed by atoms with Crippen molar-refractivity contribution in [3.63, 3.8) is 0 Å². The molecule has 0 spiro atoms. The lowest BCUT2D eigenvalue weighted by atomic mass is 10.1. The van der Waals surface area contributed by atoms with Crippen molar-refractivity contribution in [2.24, 2.45) is 0 Å². The minimum atomic E-state index is -0.212. The third-order valence-electron chi connectivity index (χ3n) is 7.91. The van der Waals surface area contributed by atoms with Gasteiger partial charge in [-0.15, -0.1) is 0 Å². The molecule has 6 aromatic carbocycles. The molecule has 250 valence electrons. The molecule has 0 aliphatic carbocycles. The van der Waals surface area contributed by atoms with Gasteiger partial charge in [-0.05, 0) is 70.8 Å². The van der Waals surface area contributed by atoms with Crippen LogP contribution in [0.1, 0.15) is 38.2 Å². The summed E-state index contributed by atoms with van der Waals surface area (Å²) in [5.74, 6) is 2.87. The zero-order chi connectivity index (χ0) is 34.4. The maximum atomic E-state index is 13.7. The van der Waals surface area contributed by atoms with E-state index in [2.05, 4.69) is 0 Å². The first-order valence-electron chi connectivity index (χ1n) is 16.4. The third kappa shape index (κ3) is 9.64. The summed E-state index contributed by atoms with van der Waals surface area (Å²) in [6.45, 7) is 1.45. The molecular weight excluding hydrogens is 624 g/mol. The zero-order valence-electron chi connectivity index (χ0n) is 27.9. The van der Waals surface area contributed by atoms with Crippen LogP contribution in [-0.2, 0) is 26.4 Å². The van der Waals surface area contributed by atoms with Crippen molar-refractivity contribution in [1.82, 2.24) is 0 Å². The fourth-order valence-electron chi connectivity index (χ4n) is 5.14. The molecule has 0 amide bonds. The molecule has 0 N–H and O–H groups in total. The van der Waals surface area contributed by atoms with Crippen molar-refractivity contribution in [1.29, 1.82) is 0 Å². The molecule has 0 atom stereocenters. The molecule has 6 nitrogen and oxygen atoms in total. The van der Waals surface area contributed by atoms with E-state index in [1.54, 1.807) is 31.4 Å². The summed E-state index contributed by atoms with van der Waals surface area (Å²) in [6, 6.07) is 48.4. The summed E-state index contributed by atoms with van der Waals surface area (Å²) in [6.07, 6.45) is 3.30. The van der Waals surface area contributed by atoms with Crippen LogP contribution in [0.4, 0.5) is 0 Å². The number of allylic oxidation sites excluding steroid dienone is 1. The first-order valence-corrected chi connectivity index (χ1v) is 16.4. The summed E-state index contributed by atoms with van der Waals surface area (Å²) < 4.78 is 29.9. The number of benzene rings is 6. The molecular formula is C44H38O6. The minimum absolute atomic E-state index is 0.212. The van der Waals surface area contributed by atoms with E-state index in [1.165, 1.54) is 6.08 Å². The summed E-state index contributed by atoms with van der Waals surface area (Å²) >= 11 is 0. The normalized spacial score (nSPS) is 10.8. The van der Waals surface area contributed by atoms with Gasteiger partial charge in [-0.3, -0.25) is 4.79 Å². The molecule has 0 fully saturated rings. The van der Waals surface area contributed by atoms with Gasteiger partial charge in [-0.2, -0.15) is 0 Å². The fourth-order valence-corrected chi connectivity index (χ4v) is 5.14. The smallest absolute Gasteiger partial charge is 0.189 e. The average Bonchev–Trinajstić information content (AvgIpc) is 3.18. The van der Waals surface area contributed by atoms with Gasteiger partial charge in [0.1, 0.15) is 55.2 Å². The van der Waals surface area contributed by atoms with Crippen molar-refractivity contribution in [2.45, 2.75) is 26.4 Å². The molecule has 0 saturated heterocycles. The summed E-state index contributed by atoms with van der Waals surface area (Å²) in [7, 11) is 1.64. The minimum Gasteiger partial charge on any atom is -0.497 e. The second kappa shape index (κ2) is 17.2. The summed E-state index contributed by atoms with van der Waals surface area (Å²) in [5.41, 5.74) is 5.24. The van der Waals surface area contributed by atoms with Gasteiger partial charge in [0.25, 0.3) is 0 Å². The number of rotatable bonds is 16. The van der Waals surface area contributed by atoms with Gasteiger partial charge in [0.05, 0.1) is 12.7 Å². The average molecular weight is 663 g/mol. The van der Waals surface area contributed by atoms with Gasteiger partial charge in [0.2, 0.25) is 0 Å². The van der Waals surface area contributed by atoms with Crippen LogP contribution in [0.5, 0.6) is 28.7 Å². The SMILES string of the molecule is COc1ccc(COc2ccc(C=CC(=O)c3ccc(OCc4ccccc4)cc3OCc3ccccc3)c(OCc3ccccc3)c2)cc1. The van der Waals surface area contributed by atoms with Crippen molar-refractivity contribution < 1.29 is 28.5 Å². The molecule has 0 bridgehead atoms. The van der Waals surface area contributed by atoms with Crippen LogP contribution in [-0.4, -0.2) is 12.9 Å². The third-order valence-corrected chi connectivity index (χ3v) is 7.91. The second-order valence-electron chi connectivity index (χ2n) is 11.5. The molecule has 0 radical (unpaired) electrons. The molecule has 6 heteroatoms. The molecule has 0 saturated carbocycles. The van der Waals surface area contributed by atoms with E-state index in [0.29, 0.717) is 55.0 Å². The predicted molar refractivity (Wildman–Crippen MR) is 196 cm³/mol. The van der Waals surface area contributed by atoms with Gasteiger partial charge in [-0.25, -0.2) is 0 Å². The van der Waals surface area contributed by atoms with Crippen molar-refractivity contribution in [3.05, 3.63) is 191 Å². The van der Waals surface area contributed by atoms with Crippen molar-refractivity contribution in [2.75, 3.05) is 7.11 Å². The van der Waals surface area contributed by atoms with Crippen LogP contribution in [0.3, 0.4) is 0 Å². The van der Waals surface area contributed by atoms with Crippen LogP contribution < -0.4 is 23.7 Å². The van der Waals surface area contributed by atoms with Crippen molar-refractivity contribution in [3.8, 4) is 28.7 Å². The Hall–Kier alpha value is -6.27. The number of carbonyl (C=O) groups excluding carboxylic acids is 1. The maximum absolute atomic E-state index is 13.7. The van der Waals surface area contributed by atoms with Gasteiger partial charge >= 0.3 is 0 Å². The first-order chi connectivity index (χ1) is 24.6. The molecule has 0 unspecified atom stereocenters. The number of hydrogen-bond donors (Lipinski definition) is 0. The Morgan fingerprint density at radius 3 is 1.46 bits per heavy atom.